The second-order valence-corrected chi connectivity index (χ2v) is 34.8. The lowest BCUT2D eigenvalue weighted by Gasteiger charge is -2.33. The van der Waals surface area contributed by atoms with Crippen LogP contribution in [0.4, 0.5) is 9.59 Å². The summed E-state index contributed by atoms with van der Waals surface area (Å²) in [5.74, 6) is -16.1. The number of amides is 12. The number of carboxylic acid groups (broad SMARTS) is 9. The molecule has 0 saturated carbocycles. The highest BCUT2D eigenvalue weighted by atomic mass is 16.4. The topological polar surface area (TPSA) is 646 Å². The second kappa shape index (κ2) is 55.0. The quantitative estimate of drug-likeness (QED) is 0.0242. The van der Waals surface area contributed by atoms with Crippen molar-refractivity contribution in [3.63, 3.8) is 0 Å². The lowest BCUT2D eigenvalue weighted by Crippen LogP contribution is -2.51. The highest BCUT2D eigenvalue weighted by Crippen LogP contribution is 2.27. The lowest BCUT2D eigenvalue weighted by molar-refractivity contribution is -0.142. The maximum Gasteiger partial charge on any atom is 0.326 e. The van der Waals surface area contributed by atoms with Crippen LogP contribution >= 0.6 is 0 Å². The number of benzene rings is 6. The number of unbranched alkanes of at least 4 members (excludes halogenated alkanes) is 3. The number of fused-ring (bicyclic) bond motifs is 4. The highest BCUT2D eigenvalue weighted by Gasteiger charge is 2.35. The Bertz CT molecular complexity index is 5430. The molecule has 0 radical (unpaired) electrons. The Labute approximate surface area is 805 Å². The number of aliphatic carboxylic acids is 9. The Morgan fingerprint density at radius 2 is 0.714 bits per heavy atom. The molecule has 0 unspecified atom stereocenters. The molecule has 0 spiro atoms. The standard InChI is InChI=1S/C96H122N16O28/c113-78(29-30-80(115)111-38-33-63-50-67(23-25-68(63)53-111)87(127)102-77(52-65-16-11-15-61-13-3-4-17-70(61)65)89(129)99-37-10-7-20-73(92(133)134)104-96(140)106-75(94(137)138)28-32-82(118)119)100-71(18-5-8-35-97-79(114)55-107-40-42-108(56-83(120)121)44-46-110(58-85(124)125)47-45-109(43-41-107)57-84(122)123)90(130)112-39-34-64-51-66(24-26-69(64)54-112)86(126)101-76(49-59-21-22-60-12-1-2-14-62(60)48-59)88(128)98-36-9-6-19-72(91(131)132)103-95(139)105-74(93(135)136)27-31-81(116)117/h1-4,11-17,21-26,48,50-51,71-77H,5-10,18-20,27-47,49,52-58H2,(H,97,114)(H,98,128)(H,99,129)(H,100,113)(H,101,126)(H,102,127)(H,116,117)(H,118,119)(H,120,121)(H,122,123)(H,124,125)(H,131,132)(H,133,134)(H,135,136)(H,137,138)(H2,103,105,139)(H2,104,106,140)/t71-,72-,73-,74-,75-,76-,77-/m0/s1. The van der Waals surface area contributed by atoms with Crippen LogP contribution in [-0.4, -0.2) is 342 Å². The summed E-state index contributed by atoms with van der Waals surface area (Å²) < 4.78 is 0. The Morgan fingerprint density at radius 1 is 0.307 bits per heavy atom. The fraction of sp³-hybridized carbons (Fsp3) is 0.469. The van der Waals surface area contributed by atoms with Crippen molar-refractivity contribution in [3.8, 4) is 0 Å². The molecule has 6 aromatic carbocycles. The summed E-state index contributed by atoms with van der Waals surface area (Å²) in [6, 6.07) is 24.1. The third-order valence-electron chi connectivity index (χ3n) is 24.4. The van der Waals surface area contributed by atoms with Gasteiger partial charge in [-0.25, -0.2) is 28.8 Å². The van der Waals surface area contributed by atoms with Gasteiger partial charge in [0.05, 0.1) is 26.2 Å². The Balaban J connectivity index is 0.840. The summed E-state index contributed by atoms with van der Waals surface area (Å²) in [5.41, 5.74) is 4.65. The highest BCUT2D eigenvalue weighted by molar-refractivity contribution is 6.00. The van der Waals surface area contributed by atoms with Gasteiger partial charge in [0.15, 0.2) is 0 Å². The number of carbonyl (C=O) groups excluding carboxylic acids is 10. The van der Waals surface area contributed by atoms with E-state index in [1.165, 1.54) is 0 Å². The van der Waals surface area contributed by atoms with E-state index in [-0.39, 0.29) is 225 Å². The average molecular weight is 1950 g/mol. The summed E-state index contributed by atoms with van der Waals surface area (Å²) in [7, 11) is 0. The van der Waals surface area contributed by atoms with Gasteiger partial charge in [-0.2, -0.15) is 0 Å². The molecule has 7 atom stereocenters. The van der Waals surface area contributed by atoms with Crippen molar-refractivity contribution in [3.05, 3.63) is 166 Å². The molecule has 3 heterocycles. The number of rotatable bonds is 52. The number of hydrogen-bond acceptors (Lipinski definition) is 23. The summed E-state index contributed by atoms with van der Waals surface area (Å²) in [6.45, 7) is 0.749. The minimum absolute atomic E-state index is 0.00247. The predicted octanol–water partition coefficient (Wildman–Crippen LogP) is 1.89. The molecular formula is C96H122N16O28. The van der Waals surface area contributed by atoms with E-state index < -0.39 is 175 Å². The Hall–Kier alpha value is -14.8. The molecule has 754 valence electrons. The molecular weight excluding hydrogens is 1830 g/mol. The first kappa shape index (κ1) is 109. The molecule has 3 aliphatic rings. The summed E-state index contributed by atoms with van der Waals surface area (Å²) in [5, 5.41) is 115. The zero-order valence-electron chi connectivity index (χ0n) is 77.4. The number of carboxylic acids is 9. The predicted molar refractivity (Wildman–Crippen MR) is 502 cm³/mol. The van der Waals surface area contributed by atoms with Gasteiger partial charge >= 0.3 is 65.8 Å². The maximum absolute atomic E-state index is 15.0. The summed E-state index contributed by atoms with van der Waals surface area (Å²) >= 11 is 0. The van der Waals surface area contributed by atoms with Crippen molar-refractivity contribution in [2.24, 2.45) is 0 Å². The van der Waals surface area contributed by atoms with Crippen LogP contribution in [-0.2, 0) is 111 Å². The van der Waals surface area contributed by atoms with E-state index in [0.717, 1.165) is 32.7 Å². The molecule has 0 aliphatic carbocycles. The fourth-order valence-corrected chi connectivity index (χ4v) is 16.7. The van der Waals surface area contributed by atoms with Crippen molar-refractivity contribution in [2.45, 2.75) is 177 Å². The first-order valence-corrected chi connectivity index (χ1v) is 46.4. The van der Waals surface area contributed by atoms with Crippen LogP contribution in [0.5, 0.6) is 0 Å². The Kier molecular flexibility index (Phi) is 42.7. The van der Waals surface area contributed by atoms with E-state index in [1.807, 2.05) is 84.9 Å². The minimum atomic E-state index is -1.61. The molecule has 44 nitrogen and oxygen atoms in total. The zero-order chi connectivity index (χ0) is 101. The zero-order valence-corrected chi connectivity index (χ0v) is 77.4. The molecule has 9 rings (SSSR count). The van der Waals surface area contributed by atoms with E-state index in [0.29, 0.717) is 35.1 Å². The van der Waals surface area contributed by atoms with E-state index in [4.69, 9.17) is 10.2 Å². The SMILES string of the molecule is O=C(O)CC[C@H](NC(=O)N[C@@H](CCCCNC(=O)[C@H](Cc1ccc2ccccc2c1)NC(=O)c1ccc2c(c1)CCN(C(=O)[C@H](CCCCNC(=O)CN1CCN(CC(=O)O)CCN(CC(=O)O)CCN(CC(=O)O)CC1)NC(=O)CCC(=O)N1CCc3cc(C(=O)N[C@@H](Cc4cccc5ccccc45)C(=O)NCCCC[C@H](NC(=O)N[C@@H](CCC(=O)O)C(=O)O)C(=O)O)ccc3C1)C2)C(=O)O)C(=O)O. The summed E-state index contributed by atoms with van der Waals surface area (Å²) in [6.07, 6.45) is -1.02. The van der Waals surface area contributed by atoms with Crippen LogP contribution in [0.3, 0.4) is 0 Å². The summed E-state index contributed by atoms with van der Waals surface area (Å²) in [4.78, 5) is 255. The molecule has 1 saturated heterocycles. The lowest BCUT2D eigenvalue weighted by atomic mass is 9.95. The van der Waals surface area contributed by atoms with Crippen LogP contribution in [0, 0.1) is 0 Å². The van der Waals surface area contributed by atoms with Crippen LogP contribution < -0.4 is 53.2 Å². The van der Waals surface area contributed by atoms with Gasteiger partial charge in [-0.3, -0.25) is 81.9 Å². The van der Waals surface area contributed by atoms with Crippen molar-refractivity contribution in [1.82, 2.24) is 82.6 Å². The van der Waals surface area contributed by atoms with Gasteiger partial charge in [0.2, 0.25) is 35.4 Å². The van der Waals surface area contributed by atoms with Gasteiger partial charge in [0, 0.05) is 148 Å². The average Bonchev–Trinajstić information content (AvgIpc) is 0.809. The van der Waals surface area contributed by atoms with E-state index in [1.54, 1.807) is 65.8 Å². The first-order valence-electron chi connectivity index (χ1n) is 46.4. The van der Waals surface area contributed by atoms with Crippen molar-refractivity contribution in [1.29, 1.82) is 0 Å². The molecule has 44 heteroatoms. The molecule has 1 fully saturated rings. The van der Waals surface area contributed by atoms with Gasteiger partial charge in [-0.1, -0.05) is 97.1 Å². The minimum Gasteiger partial charge on any atom is -0.481 e. The van der Waals surface area contributed by atoms with Crippen molar-refractivity contribution >= 4 is 135 Å². The van der Waals surface area contributed by atoms with Crippen LogP contribution in [0.2, 0.25) is 0 Å². The molecule has 19 N–H and O–H groups in total. The molecule has 12 amide bonds. The van der Waals surface area contributed by atoms with Gasteiger partial charge < -0.3 is 109 Å². The maximum atomic E-state index is 15.0. The van der Waals surface area contributed by atoms with Crippen molar-refractivity contribution in [2.75, 3.05) is 111 Å². The monoisotopic (exact) mass is 1950 g/mol. The van der Waals surface area contributed by atoms with Crippen LogP contribution in [0.15, 0.2) is 121 Å². The van der Waals surface area contributed by atoms with Crippen molar-refractivity contribution < 1.29 is 137 Å². The molecule has 3 aliphatic heterocycles. The smallest absolute Gasteiger partial charge is 0.326 e. The third-order valence-corrected chi connectivity index (χ3v) is 24.4. The van der Waals surface area contributed by atoms with Gasteiger partial charge in [-0.15, -0.1) is 0 Å². The molecule has 6 aromatic rings. The number of hydrogen-bond donors (Lipinski definition) is 19. The van der Waals surface area contributed by atoms with Gasteiger partial charge in [0.1, 0.15) is 42.3 Å². The number of nitrogens with zero attached hydrogens (tertiary/aromatic N) is 6. The number of carbonyl (C=O) groups is 19. The molecule has 0 bridgehead atoms. The second-order valence-electron chi connectivity index (χ2n) is 34.8. The molecule has 140 heavy (non-hydrogen) atoms. The van der Waals surface area contributed by atoms with E-state index in [9.17, 15) is 122 Å². The van der Waals surface area contributed by atoms with Gasteiger partial charge in [-0.05, 0) is 163 Å². The fourth-order valence-electron chi connectivity index (χ4n) is 16.7. The van der Waals surface area contributed by atoms with Gasteiger partial charge in [0.25, 0.3) is 11.8 Å². The third kappa shape index (κ3) is 36.3. The number of urea groups is 2. The van der Waals surface area contributed by atoms with E-state index in [2.05, 4.69) is 53.2 Å². The largest absolute Gasteiger partial charge is 0.481 e. The number of nitrogens with one attached hydrogen (secondary N) is 10. The van der Waals surface area contributed by atoms with E-state index >= 15 is 4.79 Å². The Morgan fingerprint density at radius 3 is 1.18 bits per heavy atom. The normalized spacial score (nSPS) is 15.3. The van der Waals surface area contributed by atoms with Crippen LogP contribution in [0.25, 0.3) is 21.5 Å². The van der Waals surface area contributed by atoms with Crippen LogP contribution in [0.1, 0.15) is 150 Å². The first-order chi connectivity index (χ1) is 66.9. The molecule has 0 aromatic heterocycles.